The van der Waals surface area contributed by atoms with Crippen LogP contribution in [0, 0.1) is 17.2 Å². The zero-order valence-electron chi connectivity index (χ0n) is 18.2. The Kier molecular flexibility index (Phi) is 8.15. The number of imidazole rings is 1. The Hall–Kier alpha value is -2.76. The van der Waals surface area contributed by atoms with E-state index in [1.165, 1.54) is 7.11 Å². The van der Waals surface area contributed by atoms with Crippen LogP contribution < -0.4 is 0 Å². The molecule has 2 heterocycles. The number of unbranched alkanes of at least 4 members (excludes halogenated alkanes) is 2. The Balaban J connectivity index is 1.65. The predicted molar refractivity (Wildman–Crippen MR) is 115 cm³/mol. The van der Waals surface area contributed by atoms with E-state index in [0.29, 0.717) is 18.8 Å². The van der Waals surface area contributed by atoms with E-state index in [9.17, 15) is 9.59 Å². The highest BCUT2D eigenvalue weighted by atomic mass is 16.6. The number of nitrogens with zero attached hydrogens (tertiary/aromatic N) is 4. The number of piperidine rings is 1. The number of Topliss-reactive ketones (excluding diaryl/α,β-unsaturated/α-hetero) is 1. The molecule has 0 bridgehead atoms. The number of rotatable bonds is 10. The van der Waals surface area contributed by atoms with Crippen LogP contribution in [0.15, 0.2) is 24.3 Å². The first-order chi connectivity index (χ1) is 15.0. The number of fused-ring (bicyclic) bond motifs is 1. The number of ether oxygens (including phenoxy) is 2. The van der Waals surface area contributed by atoms with Crippen LogP contribution in [0.5, 0.6) is 0 Å². The molecule has 0 N–H and O–H groups in total. The summed E-state index contributed by atoms with van der Waals surface area (Å²) in [5.41, 5.74) is 1.79. The number of para-hydroxylation sites is 2. The summed E-state index contributed by atoms with van der Waals surface area (Å²) in [5.74, 6) is 0.121. The molecule has 2 aromatic rings. The molecule has 1 atom stereocenters. The van der Waals surface area contributed by atoms with Crippen molar-refractivity contribution >= 4 is 22.8 Å². The lowest BCUT2D eigenvalue weighted by atomic mass is 9.92. The maximum atomic E-state index is 13.4. The minimum Gasteiger partial charge on any atom is -0.467 e. The molecule has 0 radical (unpaired) electrons. The van der Waals surface area contributed by atoms with Gasteiger partial charge >= 0.3 is 5.97 Å². The fourth-order valence-corrected chi connectivity index (χ4v) is 4.02. The van der Waals surface area contributed by atoms with Crippen LogP contribution >= 0.6 is 0 Å². The molecule has 1 fully saturated rings. The lowest BCUT2D eigenvalue weighted by Gasteiger charge is -2.34. The second-order valence-corrected chi connectivity index (χ2v) is 7.85. The molecule has 1 unspecified atom stereocenters. The fourth-order valence-electron chi connectivity index (χ4n) is 4.02. The van der Waals surface area contributed by atoms with Crippen LogP contribution in [0.1, 0.15) is 49.6 Å². The average molecular weight is 427 g/mol. The molecule has 31 heavy (non-hydrogen) atoms. The minimum absolute atomic E-state index is 0.0770. The fraction of sp³-hybridized carbons (Fsp3) is 0.565. The number of aromatic nitrogens is 2. The van der Waals surface area contributed by atoms with Gasteiger partial charge in [0.05, 0.1) is 24.2 Å². The number of esters is 1. The quantitative estimate of drug-likeness (QED) is 0.327. The van der Waals surface area contributed by atoms with Crippen LogP contribution in [0.3, 0.4) is 0 Å². The SMILES string of the molecule is COC(=O)COC(C)N1CCC(C(=O)c2nc3ccccc3n2CCCCC#N)CC1. The summed E-state index contributed by atoms with van der Waals surface area (Å²) < 4.78 is 12.2. The van der Waals surface area contributed by atoms with Crippen molar-refractivity contribution in [2.45, 2.75) is 51.8 Å². The van der Waals surface area contributed by atoms with Crippen molar-refractivity contribution in [3.8, 4) is 6.07 Å². The zero-order valence-corrected chi connectivity index (χ0v) is 18.2. The van der Waals surface area contributed by atoms with Gasteiger partial charge < -0.3 is 14.0 Å². The van der Waals surface area contributed by atoms with Crippen molar-refractivity contribution in [3.63, 3.8) is 0 Å². The van der Waals surface area contributed by atoms with E-state index in [0.717, 1.165) is 49.8 Å². The molecule has 8 heteroatoms. The summed E-state index contributed by atoms with van der Waals surface area (Å²) in [6.45, 7) is 3.96. The van der Waals surface area contributed by atoms with E-state index >= 15 is 0 Å². The third-order valence-corrected chi connectivity index (χ3v) is 5.88. The monoisotopic (exact) mass is 426 g/mol. The Morgan fingerprint density at radius 2 is 2.00 bits per heavy atom. The number of hydrogen-bond donors (Lipinski definition) is 0. The van der Waals surface area contributed by atoms with Gasteiger partial charge in [-0.1, -0.05) is 12.1 Å². The molecular formula is C23H30N4O4. The van der Waals surface area contributed by atoms with Gasteiger partial charge in [0, 0.05) is 32.0 Å². The van der Waals surface area contributed by atoms with Gasteiger partial charge in [0.25, 0.3) is 0 Å². The normalized spacial score (nSPS) is 16.2. The molecule has 0 saturated carbocycles. The number of carbonyl (C=O) groups excluding carboxylic acids is 2. The first-order valence-corrected chi connectivity index (χ1v) is 10.8. The molecule has 1 aromatic heterocycles. The molecule has 1 saturated heterocycles. The van der Waals surface area contributed by atoms with E-state index in [4.69, 9.17) is 10.00 Å². The Morgan fingerprint density at radius 3 is 2.71 bits per heavy atom. The Bertz CT molecular complexity index is 941. The van der Waals surface area contributed by atoms with Crippen molar-refractivity contribution in [1.82, 2.24) is 14.5 Å². The summed E-state index contributed by atoms with van der Waals surface area (Å²) in [6.07, 6.45) is 3.40. The minimum atomic E-state index is -0.398. The Morgan fingerprint density at radius 1 is 1.26 bits per heavy atom. The van der Waals surface area contributed by atoms with E-state index in [1.807, 2.05) is 35.8 Å². The van der Waals surface area contributed by atoms with Crippen LogP contribution in [-0.2, 0) is 20.8 Å². The standard InChI is InChI=1S/C23H30N4O4/c1-17(31-16-21(28)30-2)26-14-10-18(11-15-26)22(29)23-25-19-8-4-5-9-20(19)27(23)13-7-3-6-12-24/h4-5,8-9,17-18H,3,6-7,10-11,13-16H2,1-2H3. The number of ketones is 1. The van der Waals surface area contributed by atoms with Gasteiger partial charge in [-0.25, -0.2) is 9.78 Å². The van der Waals surface area contributed by atoms with E-state index in [2.05, 4.69) is 20.7 Å². The highest BCUT2D eigenvalue weighted by molar-refractivity contribution is 5.98. The smallest absolute Gasteiger partial charge is 0.331 e. The first kappa shape index (κ1) is 22.9. The number of hydrogen-bond acceptors (Lipinski definition) is 7. The number of aryl methyl sites for hydroxylation is 1. The second kappa shape index (κ2) is 11.0. The molecule has 1 aromatic carbocycles. The van der Waals surface area contributed by atoms with Crippen LogP contribution in [0.25, 0.3) is 11.0 Å². The molecule has 0 amide bonds. The summed E-state index contributed by atoms with van der Waals surface area (Å²) in [5, 5.41) is 8.78. The molecule has 8 nitrogen and oxygen atoms in total. The lowest BCUT2D eigenvalue weighted by molar-refractivity contribution is -0.152. The Labute approximate surface area is 182 Å². The zero-order chi connectivity index (χ0) is 22.2. The van der Waals surface area contributed by atoms with Crippen molar-refractivity contribution in [3.05, 3.63) is 30.1 Å². The summed E-state index contributed by atoms with van der Waals surface area (Å²) >= 11 is 0. The van der Waals surface area contributed by atoms with Crippen molar-refractivity contribution < 1.29 is 19.1 Å². The molecule has 0 aliphatic carbocycles. The van der Waals surface area contributed by atoms with Crippen LogP contribution in [0.2, 0.25) is 0 Å². The average Bonchev–Trinajstić information content (AvgIpc) is 3.18. The van der Waals surface area contributed by atoms with E-state index in [1.54, 1.807) is 0 Å². The molecule has 1 aliphatic rings. The molecule has 0 spiro atoms. The number of methoxy groups -OCH3 is 1. The number of benzene rings is 1. The maximum Gasteiger partial charge on any atom is 0.331 e. The van der Waals surface area contributed by atoms with Crippen molar-refractivity contribution in [2.24, 2.45) is 5.92 Å². The highest BCUT2D eigenvalue weighted by Crippen LogP contribution is 2.26. The number of nitriles is 1. The van der Waals surface area contributed by atoms with Gasteiger partial charge in [-0.3, -0.25) is 9.69 Å². The maximum absolute atomic E-state index is 13.4. The predicted octanol–water partition coefficient (Wildman–Crippen LogP) is 3.16. The third kappa shape index (κ3) is 5.69. The summed E-state index contributed by atoms with van der Waals surface area (Å²) in [7, 11) is 1.34. The number of likely N-dealkylation sites (tertiary alicyclic amines) is 1. The first-order valence-electron chi connectivity index (χ1n) is 10.8. The lowest BCUT2D eigenvalue weighted by Crippen LogP contribution is -2.43. The van der Waals surface area contributed by atoms with Crippen LogP contribution in [-0.4, -0.2) is 59.2 Å². The molecule has 166 valence electrons. The number of carbonyl (C=O) groups is 2. The van der Waals surface area contributed by atoms with E-state index in [-0.39, 0.29) is 24.5 Å². The molecule has 3 rings (SSSR count). The van der Waals surface area contributed by atoms with Gasteiger partial charge in [-0.2, -0.15) is 5.26 Å². The largest absolute Gasteiger partial charge is 0.467 e. The van der Waals surface area contributed by atoms with Gasteiger partial charge in [0.2, 0.25) is 5.78 Å². The van der Waals surface area contributed by atoms with Gasteiger partial charge in [0.1, 0.15) is 12.8 Å². The summed E-state index contributed by atoms with van der Waals surface area (Å²) in [6, 6.07) is 9.98. The van der Waals surface area contributed by atoms with E-state index < -0.39 is 5.97 Å². The molecule has 1 aliphatic heterocycles. The van der Waals surface area contributed by atoms with Crippen molar-refractivity contribution in [2.75, 3.05) is 26.8 Å². The van der Waals surface area contributed by atoms with Gasteiger partial charge in [-0.15, -0.1) is 0 Å². The van der Waals surface area contributed by atoms with Gasteiger partial charge in [0.15, 0.2) is 5.82 Å². The third-order valence-electron chi connectivity index (χ3n) is 5.88. The second-order valence-electron chi connectivity index (χ2n) is 7.85. The van der Waals surface area contributed by atoms with Crippen molar-refractivity contribution in [1.29, 1.82) is 5.26 Å². The summed E-state index contributed by atoms with van der Waals surface area (Å²) in [4.78, 5) is 31.4. The highest BCUT2D eigenvalue weighted by Gasteiger charge is 2.31. The molecular weight excluding hydrogens is 396 g/mol. The van der Waals surface area contributed by atoms with Gasteiger partial charge in [-0.05, 0) is 44.7 Å². The van der Waals surface area contributed by atoms with Crippen LogP contribution in [0.4, 0.5) is 0 Å². The topological polar surface area (TPSA) is 97.4 Å².